The molecule has 1 aliphatic carbocycles. The second-order valence-corrected chi connectivity index (χ2v) is 6.80. The summed E-state index contributed by atoms with van der Waals surface area (Å²) in [5.74, 6) is 2.16. The number of nitrogens with zero attached hydrogens (tertiary/aromatic N) is 5. The van der Waals surface area contributed by atoms with Crippen LogP contribution in [-0.2, 0) is 5.54 Å². The predicted octanol–water partition coefficient (Wildman–Crippen LogP) is 2.93. The van der Waals surface area contributed by atoms with Gasteiger partial charge in [-0.15, -0.1) is 0 Å². The van der Waals surface area contributed by atoms with Crippen molar-refractivity contribution in [2.45, 2.75) is 45.1 Å². The lowest BCUT2D eigenvalue weighted by atomic mass is 10.1. The molecule has 0 radical (unpaired) electrons. The molecule has 0 saturated heterocycles. The van der Waals surface area contributed by atoms with Crippen LogP contribution in [0.5, 0.6) is 0 Å². The van der Waals surface area contributed by atoms with Crippen molar-refractivity contribution in [3.05, 3.63) is 24.4 Å². The molecule has 0 aliphatic heterocycles. The van der Waals surface area contributed by atoms with Crippen molar-refractivity contribution in [3.8, 4) is 0 Å². The van der Waals surface area contributed by atoms with E-state index in [1.165, 1.54) is 12.8 Å². The molecule has 1 fully saturated rings. The van der Waals surface area contributed by atoms with E-state index in [4.69, 9.17) is 0 Å². The fourth-order valence-corrected chi connectivity index (χ4v) is 2.36. The third-order valence-corrected chi connectivity index (χ3v) is 3.79. The van der Waals surface area contributed by atoms with Crippen LogP contribution < -0.4 is 5.32 Å². The predicted molar refractivity (Wildman–Crippen MR) is 84.2 cm³/mol. The standard InChI is InChI=1S/C15H19N7/c1-15(2,3)22-8-10(6-17-22)18-14-12-11(7-16-21-12)19-13(20-14)9-4-5-9/h6-9H,4-5H2,1-3H3,(H,16,21)(H,18,19,20). The molecule has 0 bridgehead atoms. The van der Waals surface area contributed by atoms with E-state index in [1.807, 2.05) is 17.1 Å². The number of rotatable bonds is 3. The van der Waals surface area contributed by atoms with Gasteiger partial charge in [-0.1, -0.05) is 0 Å². The quantitative estimate of drug-likeness (QED) is 0.776. The number of hydrogen-bond acceptors (Lipinski definition) is 5. The van der Waals surface area contributed by atoms with E-state index in [0.29, 0.717) is 5.92 Å². The summed E-state index contributed by atoms with van der Waals surface area (Å²) >= 11 is 0. The van der Waals surface area contributed by atoms with Crippen LogP contribution in [0.3, 0.4) is 0 Å². The SMILES string of the molecule is CC(C)(C)n1cc(Nc2nc(C3CC3)nc3cn[nH]c23)cn1. The van der Waals surface area contributed by atoms with Crippen molar-refractivity contribution in [1.29, 1.82) is 0 Å². The molecular formula is C15H19N7. The van der Waals surface area contributed by atoms with E-state index in [-0.39, 0.29) is 5.54 Å². The summed E-state index contributed by atoms with van der Waals surface area (Å²) in [6.45, 7) is 6.35. The Labute approximate surface area is 128 Å². The van der Waals surface area contributed by atoms with Gasteiger partial charge in [-0.05, 0) is 33.6 Å². The van der Waals surface area contributed by atoms with Gasteiger partial charge in [0.1, 0.15) is 16.9 Å². The summed E-state index contributed by atoms with van der Waals surface area (Å²) < 4.78 is 1.93. The van der Waals surface area contributed by atoms with Crippen LogP contribution in [0.25, 0.3) is 11.0 Å². The van der Waals surface area contributed by atoms with Crippen molar-refractivity contribution < 1.29 is 0 Å². The first-order valence-electron chi connectivity index (χ1n) is 7.54. The summed E-state index contributed by atoms with van der Waals surface area (Å²) in [7, 11) is 0. The van der Waals surface area contributed by atoms with Gasteiger partial charge in [0.05, 0.1) is 23.6 Å². The minimum atomic E-state index is -0.0475. The van der Waals surface area contributed by atoms with Gasteiger partial charge in [0.2, 0.25) is 0 Å². The monoisotopic (exact) mass is 297 g/mol. The van der Waals surface area contributed by atoms with Crippen LogP contribution >= 0.6 is 0 Å². The molecule has 7 heteroatoms. The van der Waals surface area contributed by atoms with Gasteiger partial charge in [0.25, 0.3) is 0 Å². The van der Waals surface area contributed by atoms with Gasteiger partial charge >= 0.3 is 0 Å². The number of nitrogens with one attached hydrogen (secondary N) is 2. The van der Waals surface area contributed by atoms with Gasteiger partial charge in [0, 0.05) is 12.1 Å². The molecule has 0 aromatic carbocycles. The zero-order valence-electron chi connectivity index (χ0n) is 13.0. The fourth-order valence-electron chi connectivity index (χ4n) is 2.36. The number of fused-ring (bicyclic) bond motifs is 1. The first kappa shape index (κ1) is 13.2. The van der Waals surface area contributed by atoms with Crippen molar-refractivity contribution in [2.75, 3.05) is 5.32 Å². The van der Waals surface area contributed by atoms with Crippen LogP contribution in [0, 0.1) is 0 Å². The van der Waals surface area contributed by atoms with Crippen LogP contribution in [0.15, 0.2) is 18.6 Å². The molecule has 114 valence electrons. The Kier molecular flexibility index (Phi) is 2.72. The Morgan fingerprint density at radius 1 is 1.23 bits per heavy atom. The number of aromatic nitrogens is 6. The third-order valence-electron chi connectivity index (χ3n) is 3.79. The molecular weight excluding hydrogens is 278 g/mol. The van der Waals surface area contributed by atoms with Gasteiger partial charge in [-0.25, -0.2) is 9.97 Å². The Morgan fingerprint density at radius 2 is 2.05 bits per heavy atom. The van der Waals surface area contributed by atoms with Gasteiger partial charge in [-0.3, -0.25) is 9.78 Å². The largest absolute Gasteiger partial charge is 0.336 e. The molecule has 3 aromatic rings. The smallest absolute Gasteiger partial charge is 0.160 e. The molecule has 3 heterocycles. The van der Waals surface area contributed by atoms with Crippen LogP contribution in [-0.4, -0.2) is 29.9 Å². The van der Waals surface area contributed by atoms with E-state index in [0.717, 1.165) is 28.4 Å². The van der Waals surface area contributed by atoms with Crippen LogP contribution in [0.1, 0.15) is 45.4 Å². The summed E-state index contributed by atoms with van der Waals surface area (Å²) in [6, 6.07) is 0. The van der Waals surface area contributed by atoms with Gasteiger partial charge < -0.3 is 5.32 Å². The number of anilines is 2. The Hall–Kier alpha value is -2.44. The van der Waals surface area contributed by atoms with Gasteiger partial charge in [0.15, 0.2) is 5.82 Å². The molecule has 7 nitrogen and oxygen atoms in total. The first-order chi connectivity index (χ1) is 10.5. The third kappa shape index (κ3) is 2.32. The van der Waals surface area contributed by atoms with E-state index in [1.54, 1.807) is 6.20 Å². The topological polar surface area (TPSA) is 84.3 Å². The molecule has 0 spiro atoms. The lowest BCUT2D eigenvalue weighted by Gasteiger charge is -2.18. The first-order valence-corrected chi connectivity index (χ1v) is 7.54. The summed E-state index contributed by atoms with van der Waals surface area (Å²) in [4.78, 5) is 9.25. The lowest BCUT2D eigenvalue weighted by molar-refractivity contribution is 0.355. The fraction of sp³-hybridized carbons (Fsp3) is 0.467. The van der Waals surface area contributed by atoms with Crippen molar-refractivity contribution in [1.82, 2.24) is 29.9 Å². The molecule has 0 amide bonds. The highest BCUT2D eigenvalue weighted by molar-refractivity contribution is 5.86. The normalized spacial score (nSPS) is 15.4. The van der Waals surface area contributed by atoms with Crippen molar-refractivity contribution >= 4 is 22.5 Å². The van der Waals surface area contributed by atoms with E-state index < -0.39 is 0 Å². The number of H-pyrrole nitrogens is 1. The highest BCUT2D eigenvalue weighted by Crippen LogP contribution is 2.39. The Bertz CT molecular complexity index is 820. The van der Waals surface area contributed by atoms with Crippen molar-refractivity contribution in [2.24, 2.45) is 0 Å². The minimum absolute atomic E-state index is 0.0475. The molecule has 0 unspecified atom stereocenters. The highest BCUT2D eigenvalue weighted by Gasteiger charge is 2.28. The molecule has 1 aliphatic rings. The van der Waals surface area contributed by atoms with E-state index in [2.05, 4.69) is 51.4 Å². The summed E-state index contributed by atoms with van der Waals surface area (Å²) in [5, 5.41) is 14.8. The average Bonchev–Trinajstić information content (AvgIpc) is 2.99. The van der Waals surface area contributed by atoms with Gasteiger partial charge in [-0.2, -0.15) is 10.2 Å². The molecule has 4 rings (SSSR count). The second-order valence-electron chi connectivity index (χ2n) is 6.80. The molecule has 3 aromatic heterocycles. The zero-order valence-corrected chi connectivity index (χ0v) is 13.0. The second kappa shape index (κ2) is 4.53. The maximum absolute atomic E-state index is 4.67. The summed E-state index contributed by atoms with van der Waals surface area (Å²) in [5.41, 5.74) is 2.54. The molecule has 0 atom stereocenters. The van der Waals surface area contributed by atoms with Crippen molar-refractivity contribution in [3.63, 3.8) is 0 Å². The van der Waals surface area contributed by atoms with Crippen LogP contribution in [0.4, 0.5) is 11.5 Å². The zero-order chi connectivity index (χ0) is 15.3. The Morgan fingerprint density at radius 3 is 2.73 bits per heavy atom. The average molecular weight is 297 g/mol. The highest BCUT2D eigenvalue weighted by atomic mass is 15.3. The number of aromatic amines is 1. The summed E-state index contributed by atoms with van der Waals surface area (Å²) in [6.07, 6.45) is 7.88. The lowest BCUT2D eigenvalue weighted by Crippen LogP contribution is -2.21. The maximum Gasteiger partial charge on any atom is 0.160 e. The molecule has 1 saturated carbocycles. The van der Waals surface area contributed by atoms with Crippen LogP contribution in [0.2, 0.25) is 0 Å². The molecule has 22 heavy (non-hydrogen) atoms. The van der Waals surface area contributed by atoms with E-state index in [9.17, 15) is 0 Å². The Balaban J connectivity index is 1.71. The van der Waals surface area contributed by atoms with E-state index >= 15 is 0 Å². The number of hydrogen-bond donors (Lipinski definition) is 2. The maximum atomic E-state index is 4.67. The minimum Gasteiger partial charge on any atom is -0.336 e. The molecule has 2 N–H and O–H groups in total.